The summed E-state index contributed by atoms with van der Waals surface area (Å²) in [5.74, 6) is 1.21. The van der Waals surface area contributed by atoms with Crippen LogP contribution in [-0.4, -0.2) is 12.1 Å². The second-order valence-electron chi connectivity index (χ2n) is 4.82. The summed E-state index contributed by atoms with van der Waals surface area (Å²) in [7, 11) is 1.59. The van der Waals surface area contributed by atoms with Gasteiger partial charge in [0.25, 0.3) is 0 Å². The molecule has 126 valence electrons. The van der Waals surface area contributed by atoms with Crippen LogP contribution < -0.4 is 15.2 Å². The van der Waals surface area contributed by atoms with E-state index in [1.54, 1.807) is 13.2 Å². The number of ether oxygens (including phenoxy) is 2. The summed E-state index contributed by atoms with van der Waals surface area (Å²) < 4.78 is 11.2. The molecule has 24 heavy (non-hydrogen) atoms. The molecule has 0 amide bonds. The lowest BCUT2D eigenvalue weighted by Gasteiger charge is -2.13. The first-order valence-electron chi connectivity index (χ1n) is 7.77. The topological polar surface area (TPSA) is 57.4 Å². The first-order valence-corrected chi connectivity index (χ1v) is 8.15. The Bertz CT molecular complexity index is 807. The Kier molecular flexibility index (Phi) is 6.27. The zero-order chi connectivity index (χ0) is 17.5. The molecule has 4 nitrogen and oxygen atoms in total. The molecule has 0 saturated carbocycles. The fourth-order valence-corrected chi connectivity index (χ4v) is 2.39. The number of hydrogen-bond acceptors (Lipinski definition) is 4. The van der Waals surface area contributed by atoms with Gasteiger partial charge in [0.2, 0.25) is 0 Å². The van der Waals surface area contributed by atoms with Crippen LogP contribution in [0.25, 0.3) is 10.9 Å². The molecule has 1 heterocycles. The van der Waals surface area contributed by atoms with Gasteiger partial charge >= 0.3 is 0 Å². The highest BCUT2D eigenvalue weighted by molar-refractivity contribution is 6.37. The maximum Gasteiger partial charge on any atom is 0.163 e. The van der Waals surface area contributed by atoms with Crippen molar-refractivity contribution in [1.82, 2.24) is 4.98 Å². The lowest BCUT2D eigenvalue weighted by molar-refractivity contribution is 0.285. The zero-order valence-corrected chi connectivity index (χ0v) is 14.8. The van der Waals surface area contributed by atoms with Crippen LogP contribution in [0.5, 0.6) is 11.5 Å². The lowest BCUT2D eigenvalue weighted by Crippen LogP contribution is -1.98. The molecule has 3 aromatic rings. The van der Waals surface area contributed by atoms with Crippen LogP contribution in [0.3, 0.4) is 0 Å². The summed E-state index contributed by atoms with van der Waals surface area (Å²) >= 11 is 6.22. The number of aromatic nitrogens is 1. The number of fused-ring (bicyclic) bond motifs is 1. The molecule has 0 saturated heterocycles. The second-order valence-corrected chi connectivity index (χ2v) is 5.20. The summed E-state index contributed by atoms with van der Waals surface area (Å²) in [6, 6.07) is 13.5. The smallest absolute Gasteiger partial charge is 0.163 e. The van der Waals surface area contributed by atoms with E-state index in [-0.39, 0.29) is 0 Å². The number of benzene rings is 2. The molecule has 5 heteroatoms. The third-order valence-electron chi connectivity index (χ3n) is 3.35. The maximum atomic E-state index is 6.22. The normalized spacial score (nSPS) is 10.0. The number of nitrogens with two attached hydrogens (primary N) is 1. The van der Waals surface area contributed by atoms with E-state index in [0.29, 0.717) is 34.3 Å². The summed E-state index contributed by atoms with van der Waals surface area (Å²) in [6.07, 6.45) is 1.54. The minimum atomic E-state index is 0.439. The molecule has 3 rings (SSSR count). The van der Waals surface area contributed by atoms with Crippen molar-refractivity contribution >= 4 is 28.2 Å². The molecule has 0 spiro atoms. The molecule has 0 aliphatic carbocycles. The Balaban J connectivity index is 0.00000100. The largest absolute Gasteiger partial charge is 0.493 e. The molecule has 2 N–H and O–H groups in total. The molecule has 0 unspecified atom stereocenters. The molecule has 0 fully saturated rings. The Morgan fingerprint density at radius 2 is 1.79 bits per heavy atom. The van der Waals surface area contributed by atoms with Gasteiger partial charge in [-0.3, -0.25) is 4.98 Å². The van der Waals surface area contributed by atoms with Crippen molar-refractivity contribution in [2.75, 3.05) is 12.8 Å². The highest BCUT2D eigenvalue weighted by Gasteiger charge is 2.12. The predicted octanol–water partition coefficient (Wildman–Crippen LogP) is 5.08. The first-order chi connectivity index (χ1) is 11.7. The second kappa shape index (κ2) is 8.41. The van der Waals surface area contributed by atoms with Gasteiger partial charge in [-0.2, -0.15) is 0 Å². The number of pyridine rings is 1. The van der Waals surface area contributed by atoms with Crippen LogP contribution in [0.1, 0.15) is 19.4 Å². The van der Waals surface area contributed by atoms with Gasteiger partial charge in [-0.1, -0.05) is 55.8 Å². The fraction of sp³-hybridized carbons (Fsp3) is 0.211. The van der Waals surface area contributed by atoms with Crippen molar-refractivity contribution in [2.24, 2.45) is 0 Å². The molecule has 0 atom stereocenters. The van der Waals surface area contributed by atoms with Gasteiger partial charge in [0.05, 0.1) is 29.5 Å². The third-order valence-corrected chi connectivity index (χ3v) is 3.77. The van der Waals surface area contributed by atoms with E-state index in [9.17, 15) is 0 Å². The quantitative estimate of drug-likeness (QED) is 0.716. The molecule has 1 aromatic heterocycles. The Labute approximate surface area is 147 Å². The van der Waals surface area contributed by atoms with Crippen molar-refractivity contribution in [3.63, 3.8) is 0 Å². The highest BCUT2D eigenvalue weighted by Crippen LogP contribution is 2.36. The molecule has 0 radical (unpaired) electrons. The molecule has 2 aromatic carbocycles. The minimum absolute atomic E-state index is 0.439. The molecule has 0 aliphatic heterocycles. The summed E-state index contributed by atoms with van der Waals surface area (Å²) in [5, 5.41) is 1.21. The summed E-state index contributed by atoms with van der Waals surface area (Å²) in [6.45, 7) is 4.45. The van der Waals surface area contributed by atoms with E-state index < -0.39 is 0 Å². The van der Waals surface area contributed by atoms with Crippen molar-refractivity contribution in [2.45, 2.75) is 20.5 Å². The van der Waals surface area contributed by atoms with Crippen molar-refractivity contribution in [3.05, 3.63) is 59.2 Å². The molecule has 0 aliphatic rings. The van der Waals surface area contributed by atoms with Gasteiger partial charge in [0.15, 0.2) is 11.5 Å². The van der Waals surface area contributed by atoms with E-state index in [0.717, 1.165) is 10.9 Å². The van der Waals surface area contributed by atoms with E-state index in [1.807, 2.05) is 50.2 Å². The van der Waals surface area contributed by atoms with Gasteiger partial charge in [-0.05, 0) is 11.6 Å². The Morgan fingerprint density at radius 1 is 1.08 bits per heavy atom. The van der Waals surface area contributed by atoms with Gasteiger partial charge in [0, 0.05) is 11.5 Å². The van der Waals surface area contributed by atoms with E-state index >= 15 is 0 Å². The van der Waals surface area contributed by atoms with E-state index in [4.69, 9.17) is 26.8 Å². The number of rotatable bonds is 4. The number of nitrogens with zero attached hydrogens (tertiary/aromatic N) is 1. The van der Waals surface area contributed by atoms with Crippen LogP contribution in [-0.2, 0) is 6.61 Å². The average Bonchev–Trinajstić information content (AvgIpc) is 2.65. The predicted molar refractivity (Wildman–Crippen MR) is 99.8 cm³/mol. The molecule has 0 bridgehead atoms. The van der Waals surface area contributed by atoms with Crippen molar-refractivity contribution in [1.29, 1.82) is 0 Å². The summed E-state index contributed by atoms with van der Waals surface area (Å²) in [5.41, 5.74) is 8.01. The summed E-state index contributed by atoms with van der Waals surface area (Å²) in [4.78, 5) is 4.29. The number of nitrogen functional groups attached to an aromatic ring is 1. The fourth-order valence-electron chi connectivity index (χ4n) is 2.19. The number of halogens is 1. The molecular weight excluding hydrogens is 324 g/mol. The highest BCUT2D eigenvalue weighted by atomic mass is 35.5. The van der Waals surface area contributed by atoms with Crippen LogP contribution in [0, 0.1) is 0 Å². The maximum absolute atomic E-state index is 6.22. The van der Waals surface area contributed by atoms with Crippen molar-refractivity contribution < 1.29 is 9.47 Å². The minimum Gasteiger partial charge on any atom is -0.493 e. The van der Waals surface area contributed by atoms with Gasteiger partial charge < -0.3 is 15.2 Å². The molecular formula is C19H21ClN2O2. The lowest BCUT2D eigenvalue weighted by atomic mass is 10.2. The van der Waals surface area contributed by atoms with Crippen LogP contribution in [0.4, 0.5) is 5.69 Å². The third kappa shape index (κ3) is 3.89. The Hall–Kier alpha value is -2.46. The zero-order valence-electron chi connectivity index (χ0n) is 14.0. The van der Waals surface area contributed by atoms with Gasteiger partial charge in [-0.15, -0.1) is 0 Å². The van der Waals surface area contributed by atoms with Crippen molar-refractivity contribution in [3.8, 4) is 11.5 Å². The van der Waals surface area contributed by atoms with Crippen LogP contribution >= 0.6 is 11.6 Å². The monoisotopic (exact) mass is 344 g/mol. The number of methoxy groups -OCH3 is 1. The first kappa shape index (κ1) is 17.9. The van der Waals surface area contributed by atoms with Crippen LogP contribution in [0.2, 0.25) is 5.02 Å². The van der Waals surface area contributed by atoms with E-state index in [2.05, 4.69) is 4.98 Å². The van der Waals surface area contributed by atoms with Gasteiger partial charge in [-0.25, -0.2) is 0 Å². The van der Waals surface area contributed by atoms with Gasteiger partial charge in [0.1, 0.15) is 6.61 Å². The average molecular weight is 345 g/mol. The van der Waals surface area contributed by atoms with Crippen LogP contribution in [0.15, 0.2) is 48.7 Å². The number of hydrogen-bond donors (Lipinski definition) is 1. The number of anilines is 1. The Morgan fingerprint density at radius 3 is 2.46 bits per heavy atom. The SMILES string of the molecule is CC.COc1cc2c(Cl)c(N)cnc2cc1OCc1ccccc1. The van der Waals surface area contributed by atoms with E-state index in [1.165, 1.54) is 6.20 Å². The standard InChI is InChI=1S/C17H15ClN2O2.C2H6/c1-21-15-7-12-14(20-9-13(19)17(12)18)8-16(15)22-10-11-5-3-2-4-6-11;1-2/h2-9H,10,19H2,1H3;1-2H3.